The lowest BCUT2D eigenvalue weighted by Crippen LogP contribution is -2.22. The number of ketones is 1. The molecule has 1 aromatic carbocycles. The van der Waals surface area contributed by atoms with Gasteiger partial charge in [0.2, 0.25) is 5.78 Å². The Morgan fingerprint density at radius 2 is 1.76 bits per heavy atom. The van der Waals surface area contributed by atoms with E-state index in [2.05, 4.69) is 0 Å². The molecule has 0 saturated carbocycles. The minimum Gasteiger partial charge on any atom is -0.287 e. The van der Waals surface area contributed by atoms with E-state index in [1.54, 1.807) is 13.0 Å². The molecule has 21 heavy (non-hydrogen) atoms. The predicted octanol–water partition coefficient (Wildman–Crippen LogP) is 4.55. The fourth-order valence-electron chi connectivity index (χ4n) is 1.84. The van der Waals surface area contributed by atoms with E-state index in [4.69, 9.17) is 34.8 Å². The molecule has 0 atom stereocenters. The summed E-state index contributed by atoms with van der Waals surface area (Å²) in [5, 5.41) is 1.00. The van der Waals surface area contributed by atoms with Crippen molar-refractivity contribution in [3.8, 4) is 0 Å². The second-order valence-electron chi connectivity index (χ2n) is 4.18. The quantitative estimate of drug-likeness (QED) is 0.606. The topological polar surface area (TPSA) is 39.1 Å². The summed E-state index contributed by atoms with van der Waals surface area (Å²) in [4.78, 5) is 24.5. The molecule has 2 aromatic rings. The molecule has 1 aromatic heterocycles. The molecule has 0 unspecified atom stereocenters. The number of carbonyl (C=O) groups excluding carboxylic acids is 1. The van der Waals surface area contributed by atoms with Crippen molar-refractivity contribution in [2.24, 2.45) is 0 Å². The van der Waals surface area contributed by atoms with Crippen molar-refractivity contribution in [3.05, 3.63) is 73.6 Å². The molecule has 0 saturated heterocycles. The maximum atomic E-state index is 12.6. The van der Waals surface area contributed by atoms with Gasteiger partial charge < -0.3 is 0 Å². The Kier molecular flexibility index (Phi) is 4.88. The first kappa shape index (κ1) is 15.8. The Hall–Kier alpha value is -1.55. The number of hydrogen-bond donors (Lipinski definition) is 0. The van der Waals surface area contributed by atoms with Crippen LogP contribution in [0.25, 0.3) is 5.70 Å². The summed E-state index contributed by atoms with van der Waals surface area (Å²) in [5.41, 5.74) is 0.0821. The summed E-state index contributed by atoms with van der Waals surface area (Å²) in [6.45, 7) is 1.66. The van der Waals surface area contributed by atoms with Gasteiger partial charge in [0.05, 0.1) is 15.7 Å². The normalized spacial score (nSPS) is 11.5. The Labute approximate surface area is 136 Å². The molecule has 0 fully saturated rings. The lowest BCUT2D eigenvalue weighted by Gasteiger charge is -2.11. The number of hydrogen-bond acceptors (Lipinski definition) is 2. The molecule has 0 spiro atoms. The fourth-order valence-corrected chi connectivity index (χ4v) is 2.50. The van der Waals surface area contributed by atoms with Gasteiger partial charge in [0.25, 0.3) is 5.56 Å². The zero-order valence-corrected chi connectivity index (χ0v) is 13.2. The van der Waals surface area contributed by atoms with Crippen LogP contribution in [0.3, 0.4) is 0 Å². The molecule has 1 heterocycles. The average Bonchev–Trinajstić information content (AvgIpc) is 2.43. The molecule has 0 aliphatic carbocycles. The van der Waals surface area contributed by atoms with Crippen molar-refractivity contribution in [2.75, 3.05) is 0 Å². The molecule has 108 valence electrons. The minimum atomic E-state index is -0.386. The molecule has 0 aliphatic heterocycles. The first-order valence-electron chi connectivity index (χ1n) is 5.98. The van der Waals surface area contributed by atoms with Crippen molar-refractivity contribution in [2.45, 2.75) is 6.92 Å². The lowest BCUT2D eigenvalue weighted by molar-refractivity contribution is 0.105. The second kappa shape index (κ2) is 6.48. The van der Waals surface area contributed by atoms with Gasteiger partial charge in [0.1, 0.15) is 0 Å². The van der Waals surface area contributed by atoms with E-state index in [0.29, 0.717) is 10.0 Å². The Balaban J connectivity index is 2.54. The highest BCUT2D eigenvalue weighted by Crippen LogP contribution is 2.24. The molecular formula is C15H10Cl3NO2. The maximum absolute atomic E-state index is 12.6. The van der Waals surface area contributed by atoms with Crippen LogP contribution in [0.2, 0.25) is 15.1 Å². The van der Waals surface area contributed by atoms with Crippen LogP contribution >= 0.6 is 34.8 Å². The van der Waals surface area contributed by atoms with Crippen molar-refractivity contribution >= 4 is 46.3 Å². The largest absolute Gasteiger partial charge is 0.287 e. The van der Waals surface area contributed by atoms with Crippen LogP contribution in [0.4, 0.5) is 0 Å². The second-order valence-corrected chi connectivity index (χ2v) is 5.46. The van der Waals surface area contributed by atoms with Crippen LogP contribution in [0.5, 0.6) is 0 Å². The highest BCUT2D eigenvalue weighted by Gasteiger charge is 2.17. The van der Waals surface area contributed by atoms with Gasteiger partial charge in [-0.3, -0.25) is 14.2 Å². The van der Waals surface area contributed by atoms with Gasteiger partial charge >= 0.3 is 0 Å². The van der Waals surface area contributed by atoms with E-state index in [0.717, 1.165) is 0 Å². The van der Waals surface area contributed by atoms with Crippen LogP contribution in [0, 0.1) is 0 Å². The minimum absolute atomic E-state index is 0.173. The maximum Gasteiger partial charge on any atom is 0.255 e. The molecule has 6 heteroatoms. The number of carbonyl (C=O) groups is 1. The van der Waals surface area contributed by atoms with Crippen molar-refractivity contribution in [1.82, 2.24) is 4.57 Å². The third-order valence-electron chi connectivity index (χ3n) is 2.82. The predicted molar refractivity (Wildman–Crippen MR) is 86.5 cm³/mol. The number of rotatable bonds is 3. The van der Waals surface area contributed by atoms with Gasteiger partial charge in [-0.15, -0.1) is 0 Å². The van der Waals surface area contributed by atoms with Gasteiger partial charge in [-0.2, -0.15) is 0 Å². The van der Waals surface area contributed by atoms with Crippen LogP contribution in [-0.2, 0) is 0 Å². The molecule has 0 radical (unpaired) electrons. The van der Waals surface area contributed by atoms with Crippen LogP contribution < -0.4 is 5.56 Å². The monoisotopic (exact) mass is 341 g/mol. The van der Waals surface area contributed by atoms with Gasteiger partial charge in [0, 0.05) is 22.8 Å². The average molecular weight is 343 g/mol. The lowest BCUT2D eigenvalue weighted by atomic mass is 10.1. The van der Waals surface area contributed by atoms with Gasteiger partial charge in [-0.05, 0) is 31.2 Å². The van der Waals surface area contributed by atoms with Gasteiger partial charge in [-0.25, -0.2) is 0 Å². The summed E-state index contributed by atoms with van der Waals surface area (Å²) in [7, 11) is 0. The van der Waals surface area contributed by atoms with Crippen molar-refractivity contribution in [1.29, 1.82) is 0 Å². The SMILES string of the molecule is C/C=C(/C(=O)c1ccc(Cl)cc1Cl)n1cc(Cl)ccc1=O. The summed E-state index contributed by atoms with van der Waals surface area (Å²) in [5.74, 6) is -0.386. The standard InChI is InChI=1S/C15H10Cl3NO2/c1-2-13(19-8-10(17)4-6-14(19)20)15(21)11-5-3-9(16)7-12(11)18/h2-8H,1H3/b13-2-. The molecule has 2 rings (SSSR count). The third-order valence-corrected chi connectivity index (χ3v) is 3.59. The molecule has 0 bridgehead atoms. The third kappa shape index (κ3) is 3.38. The van der Waals surface area contributed by atoms with E-state index in [-0.39, 0.29) is 27.6 Å². The zero-order chi connectivity index (χ0) is 15.6. The van der Waals surface area contributed by atoms with E-state index < -0.39 is 0 Å². The molecular weight excluding hydrogens is 333 g/mol. The number of benzene rings is 1. The van der Waals surface area contributed by atoms with E-state index in [1.807, 2.05) is 0 Å². The zero-order valence-electron chi connectivity index (χ0n) is 10.9. The molecule has 0 N–H and O–H groups in total. The summed E-state index contributed by atoms with van der Waals surface area (Å²) in [6.07, 6.45) is 2.92. The van der Waals surface area contributed by atoms with Gasteiger partial charge in [0.15, 0.2) is 0 Å². The first-order valence-corrected chi connectivity index (χ1v) is 7.12. The van der Waals surface area contributed by atoms with Gasteiger partial charge in [-0.1, -0.05) is 40.9 Å². The summed E-state index contributed by atoms with van der Waals surface area (Å²) < 4.78 is 1.19. The van der Waals surface area contributed by atoms with Crippen LogP contribution in [0.15, 0.2) is 47.4 Å². The fraction of sp³-hybridized carbons (Fsp3) is 0.0667. The Morgan fingerprint density at radius 3 is 2.38 bits per heavy atom. The smallest absolute Gasteiger partial charge is 0.255 e. The number of nitrogens with zero attached hydrogens (tertiary/aromatic N) is 1. The van der Waals surface area contributed by atoms with E-state index in [9.17, 15) is 9.59 Å². The Morgan fingerprint density at radius 1 is 1.10 bits per heavy atom. The van der Waals surface area contributed by atoms with E-state index in [1.165, 1.54) is 41.1 Å². The molecule has 3 nitrogen and oxygen atoms in total. The molecule has 0 amide bonds. The van der Waals surface area contributed by atoms with E-state index >= 15 is 0 Å². The van der Waals surface area contributed by atoms with Crippen LogP contribution in [0.1, 0.15) is 17.3 Å². The van der Waals surface area contributed by atoms with Crippen molar-refractivity contribution in [3.63, 3.8) is 0 Å². The molecule has 0 aliphatic rings. The summed E-state index contributed by atoms with van der Waals surface area (Å²) >= 11 is 17.7. The highest BCUT2D eigenvalue weighted by atomic mass is 35.5. The summed E-state index contributed by atoms with van der Waals surface area (Å²) in [6, 6.07) is 7.32. The number of pyridine rings is 1. The Bertz CT molecular complexity index is 794. The number of allylic oxidation sites excluding steroid dienone is 2. The number of aromatic nitrogens is 1. The highest BCUT2D eigenvalue weighted by molar-refractivity contribution is 6.39. The first-order chi connectivity index (χ1) is 9.93. The van der Waals surface area contributed by atoms with Crippen molar-refractivity contribution < 1.29 is 4.79 Å². The number of halogens is 3. The number of Topliss-reactive ketones (excluding diaryl/α,β-unsaturated/α-hetero) is 1. The van der Waals surface area contributed by atoms with Crippen LogP contribution in [-0.4, -0.2) is 10.4 Å².